The van der Waals surface area contributed by atoms with Gasteiger partial charge in [0.05, 0.1) is 12.4 Å². The third-order valence-electron chi connectivity index (χ3n) is 4.55. The smallest absolute Gasteiger partial charge is 0.167 e. The monoisotopic (exact) mass is 434 g/mol. The Kier molecular flexibility index (Phi) is 5.71. The molecule has 0 radical (unpaired) electrons. The fraction of sp³-hybridized carbons (Fsp3) is 0.0435. The van der Waals surface area contributed by atoms with Crippen molar-refractivity contribution in [2.45, 2.75) is 0 Å². The first kappa shape index (κ1) is 20.9. The number of hydrogen-bond acceptors (Lipinski definition) is 5. The second-order valence-electron chi connectivity index (χ2n) is 7.00. The van der Waals surface area contributed by atoms with Crippen molar-refractivity contribution in [3.63, 3.8) is 0 Å². The van der Waals surface area contributed by atoms with Gasteiger partial charge in [0.15, 0.2) is 17.3 Å². The topological polar surface area (TPSA) is 96.4 Å². The van der Waals surface area contributed by atoms with Gasteiger partial charge in [-0.1, -0.05) is 0 Å². The molecule has 0 aliphatic rings. The van der Waals surface area contributed by atoms with Crippen LogP contribution in [0.15, 0.2) is 79.4 Å². The molecule has 0 spiro atoms. The van der Waals surface area contributed by atoms with Crippen molar-refractivity contribution in [3.05, 3.63) is 91.0 Å². The first-order valence-corrected chi connectivity index (χ1v) is 9.59. The molecule has 0 bridgehead atoms. The zero-order valence-electron chi connectivity index (χ0n) is 17.1. The highest BCUT2D eigenvalue weighted by molar-refractivity contribution is 5.70. The van der Waals surface area contributed by atoms with Crippen LogP contribution in [0.5, 0.6) is 11.5 Å². The van der Waals surface area contributed by atoms with Crippen LogP contribution >= 0.6 is 0 Å². The summed E-state index contributed by atoms with van der Waals surface area (Å²) in [5, 5.41) is 8.42. The van der Waals surface area contributed by atoms with E-state index in [4.69, 9.17) is 16.2 Å². The molecule has 4 N–H and O–H groups in total. The number of halogens is 2. The van der Waals surface area contributed by atoms with Crippen LogP contribution < -0.4 is 16.2 Å². The van der Waals surface area contributed by atoms with E-state index in [1.54, 1.807) is 33.7 Å². The Morgan fingerprint density at radius 2 is 1.56 bits per heavy atom. The number of hydrogen-bond donors (Lipinski definition) is 2. The Morgan fingerprint density at radius 1 is 0.812 bits per heavy atom. The van der Waals surface area contributed by atoms with Gasteiger partial charge in [-0.2, -0.15) is 10.2 Å². The maximum atomic E-state index is 14.0. The highest BCUT2D eigenvalue weighted by Crippen LogP contribution is 2.32. The molecule has 2 aromatic carbocycles. The molecule has 0 saturated carbocycles. The molecule has 0 atom stereocenters. The summed E-state index contributed by atoms with van der Waals surface area (Å²) >= 11 is 0. The minimum absolute atomic E-state index is 0.107. The molecule has 9 heteroatoms. The van der Waals surface area contributed by atoms with Crippen LogP contribution in [0.1, 0.15) is 0 Å². The number of aromatic nitrogens is 4. The maximum Gasteiger partial charge on any atom is 0.167 e. The Balaban J connectivity index is 0.000000260. The van der Waals surface area contributed by atoms with Gasteiger partial charge in [-0.05, 0) is 48.5 Å². The van der Waals surface area contributed by atoms with E-state index < -0.39 is 5.82 Å². The van der Waals surface area contributed by atoms with Crippen molar-refractivity contribution in [2.75, 3.05) is 11.5 Å². The van der Waals surface area contributed by atoms with Gasteiger partial charge in [0.2, 0.25) is 0 Å². The van der Waals surface area contributed by atoms with Crippen LogP contribution in [0.25, 0.3) is 16.6 Å². The minimum atomic E-state index is -0.514. The average molecular weight is 434 g/mol. The molecule has 3 heterocycles. The van der Waals surface area contributed by atoms with E-state index in [2.05, 4.69) is 10.2 Å². The molecule has 7 nitrogen and oxygen atoms in total. The molecular weight excluding hydrogens is 414 g/mol. The fourth-order valence-electron chi connectivity index (χ4n) is 2.99. The summed E-state index contributed by atoms with van der Waals surface area (Å²) in [6, 6.07) is 13.7. The van der Waals surface area contributed by atoms with Crippen molar-refractivity contribution in [2.24, 2.45) is 7.05 Å². The normalized spacial score (nSPS) is 10.6. The van der Waals surface area contributed by atoms with Crippen LogP contribution in [0.3, 0.4) is 0 Å². The lowest BCUT2D eigenvalue weighted by molar-refractivity contribution is 0.445. The van der Waals surface area contributed by atoms with Gasteiger partial charge in [-0.3, -0.25) is 4.68 Å². The fourth-order valence-corrected chi connectivity index (χ4v) is 2.99. The first-order valence-electron chi connectivity index (χ1n) is 9.59. The lowest BCUT2D eigenvalue weighted by Gasteiger charge is -2.10. The minimum Gasteiger partial charge on any atom is -0.452 e. The molecule has 5 rings (SSSR count). The summed E-state index contributed by atoms with van der Waals surface area (Å²) in [5.74, 6) is -0.160. The average Bonchev–Trinajstić information content (AvgIpc) is 3.41. The summed E-state index contributed by atoms with van der Waals surface area (Å²) in [6.45, 7) is 0. The second kappa shape index (κ2) is 8.76. The van der Waals surface area contributed by atoms with Crippen LogP contribution in [-0.2, 0) is 7.05 Å². The Morgan fingerprint density at radius 3 is 2.22 bits per heavy atom. The SMILES string of the molecule is Cn1cc(-c2cc(Oc3ccc(N)cc3F)c3ccnn3c2)cn1.Nc1ccc(F)cc1. The quantitative estimate of drug-likeness (QED) is 0.403. The van der Waals surface area contributed by atoms with Crippen molar-refractivity contribution >= 4 is 16.9 Å². The summed E-state index contributed by atoms with van der Waals surface area (Å²) in [5.41, 5.74) is 14.3. The number of benzene rings is 2. The molecule has 0 fully saturated rings. The molecule has 32 heavy (non-hydrogen) atoms. The molecule has 5 aromatic rings. The number of nitrogens with two attached hydrogens (primary N) is 2. The van der Waals surface area contributed by atoms with Crippen molar-refractivity contribution < 1.29 is 13.5 Å². The van der Waals surface area contributed by atoms with E-state index in [9.17, 15) is 8.78 Å². The second-order valence-corrected chi connectivity index (χ2v) is 7.00. The number of nitrogens with zero attached hydrogens (tertiary/aromatic N) is 4. The largest absolute Gasteiger partial charge is 0.452 e. The number of fused-ring (bicyclic) bond motifs is 1. The zero-order chi connectivity index (χ0) is 22.7. The summed E-state index contributed by atoms with van der Waals surface area (Å²) in [7, 11) is 1.84. The van der Waals surface area contributed by atoms with Crippen molar-refractivity contribution in [1.82, 2.24) is 19.4 Å². The van der Waals surface area contributed by atoms with Gasteiger partial charge in [0, 0.05) is 48.0 Å². The number of nitrogen functional groups attached to an aromatic ring is 2. The summed E-state index contributed by atoms with van der Waals surface area (Å²) in [6.07, 6.45) is 7.17. The molecule has 0 aliphatic heterocycles. The van der Waals surface area contributed by atoms with Gasteiger partial charge in [-0.15, -0.1) is 0 Å². The molecule has 0 amide bonds. The highest BCUT2D eigenvalue weighted by atomic mass is 19.1. The number of rotatable bonds is 3. The van der Waals surface area contributed by atoms with Crippen LogP contribution in [0.2, 0.25) is 0 Å². The Labute approximate surface area is 182 Å². The van der Waals surface area contributed by atoms with Crippen LogP contribution in [-0.4, -0.2) is 19.4 Å². The predicted octanol–water partition coefficient (Wildman–Crippen LogP) is 4.66. The van der Waals surface area contributed by atoms with Gasteiger partial charge >= 0.3 is 0 Å². The van der Waals surface area contributed by atoms with Gasteiger partial charge in [0.25, 0.3) is 0 Å². The maximum absolute atomic E-state index is 14.0. The standard InChI is InChI=1S/C17H14FN5O.C6H6FN/c1-22-9-12(8-21-22)11-6-17(15-4-5-20-23(15)10-11)24-16-3-2-13(19)7-14(16)18;7-5-1-3-6(8)4-2-5/h2-10H,19H2,1H3;1-4H,8H2. The highest BCUT2D eigenvalue weighted by Gasteiger charge is 2.12. The van der Waals surface area contributed by atoms with Crippen LogP contribution in [0, 0.1) is 11.6 Å². The van der Waals surface area contributed by atoms with E-state index in [1.807, 2.05) is 25.5 Å². The van der Waals surface area contributed by atoms with Crippen molar-refractivity contribution in [1.29, 1.82) is 0 Å². The lowest BCUT2D eigenvalue weighted by atomic mass is 10.1. The van der Waals surface area contributed by atoms with Crippen LogP contribution in [0.4, 0.5) is 20.2 Å². The number of ether oxygens (including phenoxy) is 1. The Bertz CT molecular complexity index is 1340. The molecule has 3 aromatic heterocycles. The Hall–Kier alpha value is -4.40. The number of aryl methyl sites for hydroxylation is 1. The zero-order valence-corrected chi connectivity index (χ0v) is 17.1. The lowest BCUT2D eigenvalue weighted by Crippen LogP contribution is -1.95. The third kappa shape index (κ3) is 4.67. The third-order valence-corrected chi connectivity index (χ3v) is 4.55. The van der Waals surface area contributed by atoms with E-state index in [0.717, 1.165) is 16.6 Å². The molecule has 0 unspecified atom stereocenters. The van der Waals surface area contributed by atoms with E-state index in [-0.39, 0.29) is 11.6 Å². The predicted molar refractivity (Wildman–Crippen MR) is 119 cm³/mol. The van der Waals surface area contributed by atoms with Gasteiger partial charge in [-0.25, -0.2) is 13.3 Å². The van der Waals surface area contributed by atoms with Crippen molar-refractivity contribution in [3.8, 4) is 22.6 Å². The summed E-state index contributed by atoms with van der Waals surface area (Å²) in [4.78, 5) is 0. The van der Waals surface area contributed by atoms with E-state index >= 15 is 0 Å². The summed E-state index contributed by atoms with van der Waals surface area (Å²) < 4.78 is 35.3. The molecule has 0 saturated heterocycles. The first-order chi connectivity index (χ1) is 15.4. The van der Waals surface area contributed by atoms with Gasteiger partial charge < -0.3 is 16.2 Å². The van der Waals surface area contributed by atoms with E-state index in [0.29, 0.717) is 17.1 Å². The molecular formula is C23H20F2N6O. The molecule has 162 valence electrons. The van der Waals surface area contributed by atoms with E-state index in [1.165, 1.54) is 36.4 Å². The number of pyridine rings is 1. The number of anilines is 2. The van der Waals surface area contributed by atoms with Gasteiger partial charge in [0.1, 0.15) is 11.3 Å². The molecule has 0 aliphatic carbocycles.